The Kier molecular flexibility index (Phi) is 8.25. The van der Waals surface area contributed by atoms with Gasteiger partial charge in [-0.25, -0.2) is 8.78 Å². The Hall–Kier alpha value is -8.07. The van der Waals surface area contributed by atoms with Gasteiger partial charge in [-0.15, -0.1) is 0 Å². The SMILES string of the molecule is N#Cc1c(-n2c3ccc(-c4ccccc4)cc3c3ccc(-c4ccccc4)cc32)c(F)cc(F)c1-n1c2ccc(-c3ccccc3)cc2c2ccc(-c3ccccc3)cc21. The second-order valence-corrected chi connectivity index (χ2v) is 15.1. The van der Waals surface area contributed by atoms with Crippen LogP contribution < -0.4 is 0 Å². The third-order valence-electron chi connectivity index (χ3n) is 11.7. The Morgan fingerprint density at radius 3 is 1.00 bits per heavy atom. The first-order valence-corrected chi connectivity index (χ1v) is 19.9. The van der Waals surface area contributed by atoms with Crippen molar-refractivity contribution in [2.24, 2.45) is 0 Å². The summed E-state index contributed by atoms with van der Waals surface area (Å²) in [5, 5.41) is 14.8. The minimum atomic E-state index is -0.832. The van der Waals surface area contributed by atoms with Crippen LogP contribution in [0.2, 0.25) is 0 Å². The van der Waals surface area contributed by atoms with Gasteiger partial charge in [0.25, 0.3) is 0 Å². The summed E-state index contributed by atoms with van der Waals surface area (Å²) in [6.45, 7) is 0. The van der Waals surface area contributed by atoms with E-state index in [9.17, 15) is 5.26 Å². The molecule has 282 valence electrons. The summed E-state index contributed by atoms with van der Waals surface area (Å²) < 4.78 is 37.7. The van der Waals surface area contributed by atoms with Gasteiger partial charge in [-0.3, -0.25) is 0 Å². The predicted octanol–water partition coefficient (Wildman–Crippen LogP) is 14.7. The highest BCUT2D eigenvalue weighted by Crippen LogP contribution is 2.43. The molecule has 60 heavy (non-hydrogen) atoms. The molecular formula is C55H33F2N3. The lowest BCUT2D eigenvalue weighted by Crippen LogP contribution is -2.09. The molecule has 0 saturated carbocycles. The lowest BCUT2D eigenvalue weighted by atomic mass is 10.0. The number of hydrogen-bond donors (Lipinski definition) is 0. The third kappa shape index (κ3) is 5.61. The molecule has 11 aromatic rings. The molecule has 0 radical (unpaired) electrons. The molecule has 9 aromatic carbocycles. The Labute approximate surface area is 344 Å². The molecule has 0 bridgehead atoms. The number of nitrogens with zero attached hydrogens (tertiary/aromatic N) is 3. The monoisotopic (exact) mass is 773 g/mol. The van der Waals surface area contributed by atoms with Crippen LogP contribution in [0, 0.1) is 23.0 Å². The zero-order valence-corrected chi connectivity index (χ0v) is 32.2. The average molecular weight is 774 g/mol. The fourth-order valence-corrected chi connectivity index (χ4v) is 8.91. The first kappa shape index (κ1) is 35.1. The summed E-state index contributed by atoms with van der Waals surface area (Å²) in [6.07, 6.45) is 0. The van der Waals surface area contributed by atoms with Crippen molar-refractivity contribution in [2.45, 2.75) is 0 Å². The Morgan fingerprint density at radius 1 is 0.317 bits per heavy atom. The molecule has 0 atom stereocenters. The van der Waals surface area contributed by atoms with Crippen LogP contribution in [0.5, 0.6) is 0 Å². The molecule has 0 fully saturated rings. The second kappa shape index (κ2) is 14.1. The van der Waals surface area contributed by atoms with Gasteiger partial charge in [-0.1, -0.05) is 158 Å². The molecule has 0 spiro atoms. The number of aromatic nitrogens is 2. The fourth-order valence-electron chi connectivity index (χ4n) is 8.91. The van der Waals surface area contributed by atoms with Gasteiger partial charge in [0.05, 0.1) is 22.1 Å². The van der Waals surface area contributed by atoms with Crippen LogP contribution in [0.4, 0.5) is 8.78 Å². The molecule has 0 amide bonds. The molecule has 0 aliphatic rings. The van der Waals surface area contributed by atoms with Crippen molar-refractivity contribution in [3.05, 3.63) is 217 Å². The maximum Gasteiger partial charge on any atom is 0.151 e. The molecule has 0 saturated heterocycles. The van der Waals surface area contributed by atoms with Crippen LogP contribution in [-0.4, -0.2) is 9.13 Å². The quantitative estimate of drug-likeness (QED) is 0.166. The van der Waals surface area contributed by atoms with E-state index >= 15 is 8.78 Å². The Bertz CT molecular complexity index is 3270. The van der Waals surface area contributed by atoms with Crippen LogP contribution in [0.1, 0.15) is 5.56 Å². The Balaban J connectivity index is 1.23. The summed E-state index contributed by atoms with van der Waals surface area (Å²) in [4.78, 5) is 0. The number of hydrogen-bond acceptors (Lipinski definition) is 1. The van der Waals surface area contributed by atoms with Crippen LogP contribution in [-0.2, 0) is 0 Å². The van der Waals surface area contributed by atoms with Crippen molar-refractivity contribution in [3.8, 4) is 62.0 Å². The smallest absolute Gasteiger partial charge is 0.151 e. The first-order valence-electron chi connectivity index (χ1n) is 19.9. The van der Waals surface area contributed by atoms with Crippen molar-refractivity contribution < 1.29 is 8.78 Å². The van der Waals surface area contributed by atoms with Crippen molar-refractivity contribution in [1.29, 1.82) is 5.26 Å². The highest BCUT2D eigenvalue weighted by molar-refractivity contribution is 6.13. The summed E-state index contributed by atoms with van der Waals surface area (Å²) in [6, 6.07) is 68.0. The molecule has 0 aliphatic heterocycles. The van der Waals surface area contributed by atoms with Crippen LogP contribution in [0.3, 0.4) is 0 Å². The van der Waals surface area contributed by atoms with Crippen molar-refractivity contribution in [1.82, 2.24) is 9.13 Å². The molecule has 2 aromatic heterocycles. The maximum atomic E-state index is 17.0. The number of fused-ring (bicyclic) bond motifs is 6. The summed E-state index contributed by atoms with van der Waals surface area (Å²) >= 11 is 0. The van der Waals surface area contributed by atoms with E-state index < -0.39 is 11.6 Å². The summed E-state index contributed by atoms with van der Waals surface area (Å²) in [5.41, 5.74) is 10.6. The van der Waals surface area contributed by atoms with Crippen LogP contribution >= 0.6 is 0 Å². The maximum absolute atomic E-state index is 17.0. The van der Waals surface area contributed by atoms with Gasteiger partial charge in [0.15, 0.2) is 11.6 Å². The van der Waals surface area contributed by atoms with E-state index in [1.807, 2.05) is 133 Å². The lowest BCUT2D eigenvalue weighted by molar-refractivity contribution is 0.574. The zero-order chi connectivity index (χ0) is 40.3. The first-order chi connectivity index (χ1) is 29.6. The van der Waals surface area contributed by atoms with Crippen LogP contribution in [0.25, 0.3) is 99.5 Å². The van der Waals surface area contributed by atoms with E-state index in [1.54, 1.807) is 9.13 Å². The van der Waals surface area contributed by atoms with Gasteiger partial charge in [0.2, 0.25) is 0 Å². The molecule has 2 heterocycles. The predicted molar refractivity (Wildman–Crippen MR) is 241 cm³/mol. The van der Waals surface area contributed by atoms with Crippen LogP contribution in [0.15, 0.2) is 200 Å². The van der Waals surface area contributed by atoms with Gasteiger partial charge in [0, 0.05) is 27.6 Å². The standard InChI is InChI=1S/C55H33F2N3/c56-48-33-49(57)55(60-51-28-24-40(36-15-7-2-8-16-36)30-46(51)44-26-22-42(32-53(44)60)38-19-11-4-12-20-38)47(34-58)54(48)59-50-27-23-39(35-13-5-1-6-14-35)29-45(50)43-25-21-41(31-52(43)59)37-17-9-3-10-18-37/h1-33H. The average Bonchev–Trinajstić information content (AvgIpc) is 3.80. The largest absolute Gasteiger partial charge is 0.305 e. The second-order valence-electron chi connectivity index (χ2n) is 15.1. The number of nitriles is 1. The number of halogens is 2. The van der Waals surface area contributed by atoms with E-state index in [1.165, 1.54) is 0 Å². The molecular weight excluding hydrogens is 741 g/mol. The van der Waals surface area contributed by atoms with E-state index in [2.05, 4.69) is 66.7 Å². The van der Waals surface area contributed by atoms with Crippen molar-refractivity contribution in [2.75, 3.05) is 0 Å². The van der Waals surface area contributed by atoms with E-state index in [0.29, 0.717) is 22.1 Å². The van der Waals surface area contributed by atoms with E-state index in [-0.39, 0.29) is 16.9 Å². The molecule has 11 rings (SSSR count). The number of benzene rings is 9. The van der Waals surface area contributed by atoms with Gasteiger partial charge in [-0.05, 0) is 80.9 Å². The van der Waals surface area contributed by atoms with Crippen molar-refractivity contribution in [3.63, 3.8) is 0 Å². The lowest BCUT2D eigenvalue weighted by Gasteiger charge is -2.18. The third-order valence-corrected chi connectivity index (χ3v) is 11.7. The van der Waals surface area contributed by atoms with Gasteiger partial charge in [-0.2, -0.15) is 5.26 Å². The van der Waals surface area contributed by atoms with E-state index in [4.69, 9.17) is 0 Å². The highest BCUT2D eigenvalue weighted by atomic mass is 19.1. The Morgan fingerprint density at radius 2 is 0.650 bits per heavy atom. The zero-order valence-electron chi connectivity index (χ0n) is 32.2. The highest BCUT2D eigenvalue weighted by Gasteiger charge is 2.27. The topological polar surface area (TPSA) is 33.6 Å². The van der Waals surface area contributed by atoms with E-state index in [0.717, 1.165) is 72.1 Å². The number of rotatable bonds is 6. The molecule has 0 aliphatic carbocycles. The summed E-state index contributed by atoms with van der Waals surface area (Å²) in [5.74, 6) is -1.66. The normalized spacial score (nSPS) is 11.5. The fraction of sp³-hybridized carbons (Fsp3) is 0. The van der Waals surface area contributed by atoms with Gasteiger partial charge >= 0.3 is 0 Å². The minimum absolute atomic E-state index is 0.0123. The van der Waals surface area contributed by atoms with Gasteiger partial charge < -0.3 is 9.13 Å². The molecule has 3 nitrogen and oxygen atoms in total. The molecule has 0 unspecified atom stereocenters. The van der Waals surface area contributed by atoms with Gasteiger partial charge in [0.1, 0.15) is 23.0 Å². The van der Waals surface area contributed by atoms with Crippen molar-refractivity contribution >= 4 is 43.6 Å². The summed E-state index contributed by atoms with van der Waals surface area (Å²) in [7, 11) is 0. The molecule has 5 heteroatoms. The minimum Gasteiger partial charge on any atom is -0.305 e. The molecule has 0 N–H and O–H groups in total.